The number of halogens is 1. The summed E-state index contributed by atoms with van der Waals surface area (Å²) in [5.41, 5.74) is 0.793. The number of unbranched alkanes of at least 4 members (excludes halogenated alkanes) is 3. The molecule has 0 aromatic rings. The van der Waals surface area contributed by atoms with Crippen molar-refractivity contribution in [3.8, 4) is 0 Å². The lowest BCUT2D eigenvalue weighted by atomic mass is 9.71. The van der Waals surface area contributed by atoms with Gasteiger partial charge in [0.2, 0.25) is 0 Å². The largest absolute Gasteiger partial charge is 0.303 e. The topological polar surface area (TPSA) is 51.2 Å². The predicted octanol–water partition coefficient (Wildman–Crippen LogP) is 6.47. The van der Waals surface area contributed by atoms with E-state index in [1.165, 1.54) is 19.3 Å². The lowest BCUT2D eigenvalue weighted by Gasteiger charge is -2.33. The molecule has 2 atom stereocenters. The predicted molar refractivity (Wildman–Crippen MR) is 120 cm³/mol. The summed E-state index contributed by atoms with van der Waals surface area (Å²) >= 11 is 3.46. The standard InChI is InChI=1S/C24H39BrO3/c1-18(2)23-10-9-21(27)15-19(23)16-22(28)17-20(11-14-26)24(3,4)12-7-5-6-8-13-25/h14,17-19,23H,5-13,15-16H2,1-4H3/b20-17+. The molecule has 28 heavy (non-hydrogen) atoms. The monoisotopic (exact) mass is 454 g/mol. The second kappa shape index (κ2) is 12.7. The highest BCUT2D eigenvalue weighted by molar-refractivity contribution is 9.09. The number of carbonyl (C=O) groups excluding carboxylic acids is 3. The molecule has 0 aromatic heterocycles. The van der Waals surface area contributed by atoms with E-state index in [2.05, 4.69) is 43.6 Å². The van der Waals surface area contributed by atoms with Crippen LogP contribution in [0.25, 0.3) is 0 Å². The average molecular weight is 455 g/mol. The molecule has 1 aliphatic rings. The number of alkyl halides is 1. The smallest absolute Gasteiger partial charge is 0.155 e. The average Bonchev–Trinajstić information content (AvgIpc) is 2.61. The van der Waals surface area contributed by atoms with Gasteiger partial charge in [-0.1, -0.05) is 68.5 Å². The van der Waals surface area contributed by atoms with Gasteiger partial charge in [-0.3, -0.25) is 9.59 Å². The summed E-state index contributed by atoms with van der Waals surface area (Å²) in [5.74, 6) is 1.44. The zero-order valence-corrected chi connectivity index (χ0v) is 19.9. The third kappa shape index (κ3) is 8.71. The zero-order valence-electron chi connectivity index (χ0n) is 18.3. The molecule has 0 heterocycles. The van der Waals surface area contributed by atoms with Crippen molar-refractivity contribution in [2.24, 2.45) is 23.2 Å². The minimum atomic E-state index is -0.148. The first kappa shape index (κ1) is 25.3. The molecule has 0 amide bonds. The number of ketones is 2. The second-order valence-electron chi connectivity index (χ2n) is 9.40. The van der Waals surface area contributed by atoms with Crippen molar-refractivity contribution < 1.29 is 14.4 Å². The Bertz CT molecular complexity index is 548. The van der Waals surface area contributed by atoms with E-state index in [4.69, 9.17) is 0 Å². The number of allylic oxidation sites excluding steroid dienone is 2. The van der Waals surface area contributed by atoms with E-state index < -0.39 is 0 Å². The van der Waals surface area contributed by atoms with E-state index >= 15 is 0 Å². The molecule has 1 aliphatic carbocycles. The zero-order chi connectivity index (χ0) is 21.2. The lowest BCUT2D eigenvalue weighted by molar-refractivity contribution is -0.124. The fraction of sp³-hybridized carbons (Fsp3) is 0.792. The highest BCUT2D eigenvalue weighted by Crippen LogP contribution is 2.37. The first-order valence-corrected chi connectivity index (χ1v) is 12.1. The van der Waals surface area contributed by atoms with Crippen LogP contribution in [0.15, 0.2) is 11.6 Å². The van der Waals surface area contributed by atoms with Crippen molar-refractivity contribution in [1.82, 2.24) is 0 Å². The summed E-state index contributed by atoms with van der Waals surface area (Å²) < 4.78 is 0. The van der Waals surface area contributed by atoms with Gasteiger partial charge >= 0.3 is 0 Å². The first-order chi connectivity index (χ1) is 13.2. The second-order valence-corrected chi connectivity index (χ2v) is 10.2. The van der Waals surface area contributed by atoms with Gasteiger partial charge in [-0.15, -0.1) is 0 Å². The van der Waals surface area contributed by atoms with Crippen LogP contribution in [-0.2, 0) is 14.4 Å². The molecular formula is C24H39BrO3. The van der Waals surface area contributed by atoms with Crippen molar-refractivity contribution in [2.75, 3.05) is 5.33 Å². The van der Waals surface area contributed by atoms with E-state index in [1.54, 1.807) is 6.08 Å². The maximum atomic E-state index is 12.8. The van der Waals surface area contributed by atoms with E-state index in [0.29, 0.717) is 37.5 Å². The third-order valence-corrected chi connectivity index (χ3v) is 6.93. The van der Waals surface area contributed by atoms with Crippen LogP contribution in [0.4, 0.5) is 0 Å². The summed E-state index contributed by atoms with van der Waals surface area (Å²) in [6.07, 6.45) is 11.1. The van der Waals surface area contributed by atoms with Crippen molar-refractivity contribution in [2.45, 2.75) is 91.9 Å². The maximum Gasteiger partial charge on any atom is 0.155 e. The Morgan fingerprint density at radius 2 is 1.89 bits per heavy atom. The molecule has 0 saturated heterocycles. The molecule has 1 saturated carbocycles. The van der Waals surface area contributed by atoms with Crippen molar-refractivity contribution >= 4 is 33.8 Å². The molecule has 3 nitrogen and oxygen atoms in total. The molecule has 0 bridgehead atoms. The van der Waals surface area contributed by atoms with E-state index in [0.717, 1.165) is 36.5 Å². The summed E-state index contributed by atoms with van der Waals surface area (Å²) in [6, 6.07) is 0. The molecule has 4 heteroatoms. The van der Waals surface area contributed by atoms with Crippen LogP contribution in [0.1, 0.15) is 91.9 Å². The Morgan fingerprint density at radius 1 is 1.21 bits per heavy atom. The van der Waals surface area contributed by atoms with Crippen LogP contribution in [0.3, 0.4) is 0 Å². The van der Waals surface area contributed by atoms with Crippen molar-refractivity contribution in [1.29, 1.82) is 0 Å². The van der Waals surface area contributed by atoms with Crippen LogP contribution in [0, 0.1) is 23.2 Å². The van der Waals surface area contributed by atoms with Gasteiger partial charge < -0.3 is 4.79 Å². The lowest BCUT2D eigenvalue weighted by Crippen LogP contribution is -2.30. The van der Waals surface area contributed by atoms with E-state index in [1.807, 2.05) is 0 Å². The molecule has 1 rings (SSSR count). The fourth-order valence-corrected chi connectivity index (χ4v) is 4.91. The molecule has 0 radical (unpaired) electrons. The number of aldehydes is 1. The van der Waals surface area contributed by atoms with Crippen LogP contribution in [0.2, 0.25) is 0 Å². The summed E-state index contributed by atoms with van der Waals surface area (Å²) in [4.78, 5) is 36.0. The molecule has 0 aromatic carbocycles. The molecule has 160 valence electrons. The van der Waals surface area contributed by atoms with Gasteiger partial charge in [0.15, 0.2) is 5.78 Å². The van der Waals surface area contributed by atoms with Crippen LogP contribution < -0.4 is 0 Å². The summed E-state index contributed by atoms with van der Waals surface area (Å²) in [5, 5.41) is 1.04. The van der Waals surface area contributed by atoms with Gasteiger partial charge in [-0.25, -0.2) is 0 Å². The Morgan fingerprint density at radius 3 is 2.50 bits per heavy atom. The fourth-order valence-electron chi connectivity index (χ4n) is 4.52. The van der Waals surface area contributed by atoms with Crippen LogP contribution in [0.5, 0.6) is 0 Å². The number of carbonyl (C=O) groups is 3. The Balaban J connectivity index is 2.77. The SMILES string of the molecule is CC(C)C1CCC(=O)CC1CC(=O)/C=C(\CC=O)C(C)(C)CCCCCCBr. The molecule has 1 fully saturated rings. The Kier molecular flexibility index (Phi) is 11.5. The first-order valence-electron chi connectivity index (χ1n) is 11.0. The van der Waals surface area contributed by atoms with Gasteiger partial charge in [0.05, 0.1) is 0 Å². The van der Waals surface area contributed by atoms with Crippen LogP contribution >= 0.6 is 15.9 Å². The Hall–Kier alpha value is -0.770. The maximum absolute atomic E-state index is 12.8. The van der Waals surface area contributed by atoms with E-state index in [-0.39, 0.29) is 22.9 Å². The molecule has 2 unspecified atom stereocenters. The number of hydrogen-bond donors (Lipinski definition) is 0. The summed E-state index contributed by atoms with van der Waals surface area (Å²) in [6.45, 7) is 8.65. The summed E-state index contributed by atoms with van der Waals surface area (Å²) in [7, 11) is 0. The number of hydrogen-bond acceptors (Lipinski definition) is 3. The van der Waals surface area contributed by atoms with Crippen molar-refractivity contribution in [3.05, 3.63) is 11.6 Å². The highest BCUT2D eigenvalue weighted by Gasteiger charge is 2.32. The minimum Gasteiger partial charge on any atom is -0.303 e. The highest BCUT2D eigenvalue weighted by atomic mass is 79.9. The minimum absolute atomic E-state index is 0.0783. The van der Waals surface area contributed by atoms with Gasteiger partial charge in [0.25, 0.3) is 0 Å². The normalized spacial score (nSPS) is 21.2. The van der Waals surface area contributed by atoms with E-state index in [9.17, 15) is 14.4 Å². The van der Waals surface area contributed by atoms with Gasteiger partial charge in [-0.05, 0) is 48.5 Å². The number of Topliss-reactive ketones (excluding diaryl/α,β-unsaturated/α-hetero) is 1. The number of rotatable bonds is 13. The molecular weight excluding hydrogens is 416 g/mol. The van der Waals surface area contributed by atoms with Gasteiger partial charge in [0, 0.05) is 31.0 Å². The quantitative estimate of drug-likeness (QED) is 0.138. The third-order valence-electron chi connectivity index (χ3n) is 6.36. The Labute approximate surface area is 180 Å². The van der Waals surface area contributed by atoms with Crippen molar-refractivity contribution in [3.63, 3.8) is 0 Å². The van der Waals surface area contributed by atoms with Gasteiger partial charge in [0.1, 0.15) is 12.1 Å². The van der Waals surface area contributed by atoms with Gasteiger partial charge in [-0.2, -0.15) is 0 Å². The molecule has 0 spiro atoms. The molecule has 0 N–H and O–H groups in total. The molecule has 0 aliphatic heterocycles. The van der Waals surface area contributed by atoms with Crippen LogP contribution in [-0.4, -0.2) is 23.2 Å².